The third-order valence-electron chi connectivity index (χ3n) is 13.4. The first-order chi connectivity index (χ1) is 33.1. The van der Waals surface area contributed by atoms with Crippen LogP contribution in [0.3, 0.4) is 0 Å². The average Bonchev–Trinajstić information content (AvgIpc) is 3.41. The average molecular weight is 861 g/mol. The summed E-state index contributed by atoms with van der Waals surface area (Å²) >= 11 is 0. The Balaban J connectivity index is 0.893. The summed E-state index contributed by atoms with van der Waals surface area (Å²) in [6.45, 7) is 2.32. The van der Waals surface area contributed by atoms with Crippen LogP contribution in [0.2, 0.25) is 0 Å². The third kappa shape index (κ3) is 8.58. The standard InChI is InChI=1S/C65H52N2/c1-47-16-14-27-64-61(47)25-15-26-62(64)54-36-42-58(43-37-54)66(55-21-10-4-11-22-55)57-38-34-51(35-39-57)49-28-30-53(31-29-49)63-45-44-60(46-65(63)52-19-8-3-9-20-52)67(56-23-12-5-13-24-56)59-40-32-50(33-41-59)48-17-6-2-7-18-48/h2-6,8-15,17,19-47H,7,16,18H2,1H3. The Bertz CT molecular complexity index is 3220. The SMILES string of the molecule is CC1CC=Cc2c(-c3ccc(N(c4ccccc4)c4ccc(-c5ccc(-c6ccc(N(c7ccccc7)c7ccc(C8=CC=CCC8)cc7)cc6-c6ccccc6)cc5)cc4)cc3)cccc21. The maximum absolute atomic E-state index is 2.37. The van der Waals surface area contributed by atoms with E-state index >= 15 is 0 Å². The van der Waals surface area contributed by atoms with E-state index in [-0.39, 0.29) is 0 Å². The van der Waals surface area contributed by atoms with Crippen LogP contribution in [-0.4, -0.2) is 0 Å². The van der Waals surface area contributed by atoms with Gasteiger partial charge in [-0.05, 0) is 165 Å². The van der Waals surface area contributed by atoms with Crippen molar-refractivity contribution in [3.8, 4) is 44.5 Å². The van der Waals surface area contributed by atoms with Gasteiger partial charge in [0.05, 0.1) is 0 Å². The monoisotopic (exact) mass is 860 g/mol. The van der Waals surface area contributed by atoms with E-state index in [9.17, 15) is 0 Å². The first-order valence-corrected chi connectivity index (χ1v) is 23.6. The Morgan fingerprint density at radius 3 is 1.45 bits per heavy atom. The fourth-order valence-electron chi connectivity index (χ4n) is 9.90. The largest absolute Gasteiger partial charge is 0.311 e. The normalized spacial score (nSPS) is 14.0. The number of anilines is 6. The van der Waals surface area contributed by atoms with Crippen molar-refractivity contribution in [2.45, 2.75) is 32.1 Å². The Kier molecular flexibility index (Phi) is 11.6. The van der Waals surface area contributed by atoms with Gasteiger partial charge in [-0.25, -0.2) is 0 Å². The van der Waals surface area contributed by atoms with Crippen molar-refractivity contribution >= 4 is 45.8 Å². The number of nitrogens with zero attached hydrogens (tertiary/aromatic N) is 2. The van der Waals surface area contributed by atoms with Gasteiger partial charge in [-0.3, -0.25) is 0 Å². The molecular weight excluding hydrogens is 809 g/mol. The number of allylic oxidation sites excluding steroid dienone is 5. The van der Waals surface area contributed by atoms with E-state index in [1.807, 2.05) is 0 Å². The minimum atomic E-state index is 0.535. The van der Waals surface area contributed by atoms with Gasteiger partial charge < -0.3 is 9.80 Å². The van der Waals surface area contributed by atoms with Gasteiger partial charge in [0.1, 0.15) is 0 Å². The number of hydrogen-bond acceptors (Lipinski definition) is 2. The van der Waals surface area contributed by atoms with Gasteiger partial charge in [0.2, 0.25) is 0 Å². The zero-order valence-corrected chi connectivity index (χ0v) is 37.8. The van der Waals surface area contributed by atoms with Crippen molar-refractivity contribution < 1.29 is 0 Å². The first-order valence-electron chi connectivity index (χ1n) is 23.6. The smallest absolute Gasteiger partial charge is 0.0468 e. The molecule has 0 saturated carbocycles. The molecule has 2 aliphatic carbocycles. The first kappa shape index (κ1) is 41.5. The molecule has 0 radical (unpaired) electrons. The molecular formula is C65H52N2. The van der Waals surface area contributed by atoms with Gasteiger partial charge >= 0.3 is 0 Å². The summed E-state index contributed by atoms with van der Waals surface area (Å²) in [4.78, 5) is 4.71. The predicted molar refractivity (Wildman–Crippen MR) is 286 cm³/mol. The highest BCUT2D eigenvalue weighted by atomic mass is 15.1. The molecule has 0 aromatic heterocycles. The summed E-state index contributed by atoms with van der Waals surface area (Å²) < 4.78 is 0. The van der Waals surface area contributed by atoms with Crippen LogP contribution in [0.5, 0.6) is 0 Å². The van der Waals surface area contributed by atoms with Crippen LogP contribution >= 0.6 is 0 Å². The Morgan fingerprint density at radius 1 is 0.373 bits per heavy atom. The van der Waals surface area contributed by atoms with E-state index in [2.05, 4.69) is 272 Å². The van der Waals surface area contributed by atoms with Crippen LogP contribution in [0.15, 0.2) is 249 Å². The van der Waals surface area contributed by atoms with Gasteiger partial charge in [-0.15, -0.1) is 0 Å². The molecule has 1 unspecified atom stereocenters. The molecule has 0 saturated heterocycles. The van der Waals surface area contributed by atoms with Crippen LogP contribution < -0.4 is 9.80 Å². The lowest BCUT2D eigenvalue weighted by molar-refractivity contribution is 0.772. The lowest BCUT2D eigenvalue weighted by atomic mass is 9.84. The van der Waals surface area contributed by atoms with Gasteiger partial charge in [0.15, 0.2) is 0 Å². The minimum Gasteiger partial charge on any atom is -0.311 e. The Hall–Kier alpha value is -8.20. The molecule has 322 valence electrons. The highest BCUT2D eigenvalue weighted by Crippen LogP contribution is 2.43. The van der Waals surface area contributed by atoms with E-state index < -0.39 is 0 Å². The molecule has 0 spiro atoms. The topological polar surface area (TPSA) is 6.48 Å². The van der Waals surface area contributed by atoms with Crippen molar-refractivity contribution in [2.75, 3.05) is 9.80 Å². The molecule has 11 rings (SSSR count). The van der Waals surface area contributed by atoms with Crippen LogP contribution in [0.1, 0.15) is 48.8 Å². The molecule has 0 N–H and O–H groups in total. The summed E-state index contributed by atoms with van der Waals surface area (Å²) in [7, 11) is 0. The second-order valence-corrected chi connectivity index (χ2v) is 17.7. The highest BCUT2D eigenvalue weighted by Gasteiger charge is 2.19. The molecule has 9 aromatic rings. The van der Waals surface area contributed by atoms with Crippen LogP contribution in [0.4, 0.5) is 34.1 Å². The molecule has 0 heterocycles. The predicted octanol–water partition coefficient (Wildman–Crippen LogP) is 18.5. The minimum absolute atomic E-state index is 0.535. The van der Waals surface area contributed by atoms with E-state index in [0.717, 1.165) is 53.4 Å². The second kappa shape index (κ2) is 18.7. The molecule has 2 aliphatic rings. The zero-order chi connectivity index (χ0) is 44.9. The Morgan fingerprint density at radius 2 is 0.851 bits per heavy atom. The van der Waals surface area contributed by atoms with Crippen molar-refractivity contribution in [3.63, 3.8) is 0 Å². The van der Waals surface area contributed by atoms with Crippen LogP contribution in [-0.2, 0) is 0 Å². The number of para-hydroxylation sites is 2. The summed E-state index contributed by atoms with van der Waals surface area (Å²) in [5, 5.41) is 0. The molecule has 2 nitrogen and oxygen atoms in total. The summed E-state index contributed by atoms with van der Waals surface area (Å²) in [6, 6.07) is 81.9. The molecule has 67 heavy (non-hydrogen) atoms. The van der Waals surface area contributed by atoms with E-state index in [4.69, 9.17) is 0 Å². The van der Waals surface area contributed by atoms with Gasteiger partial charge in [-0.2, -0.15) is 0 Å². The number of hydrogen-bond donors (Lipinski definition) is 0. The van der Waals surface area contributed by atoms with Crippen molar-refractivity contribution in [3.05, 3.63) is 265 Å². The molecule has 1 atom stereocenters. The molecule has 0 bridgehead atoms. The summed E-state index contributed by atoms with van der Waals surface area (Å²) in [6.07, 6.45) is 14.5. The maximum atomic E-state index is 2.37. The number of benzene rings is 9. The fourth-order valence-corrected chi connectivity index (χ4v) is 9.90. The van der Waals surface area contributed by atoms with Crippen LogP contribution in [0.25, 0.3) is 56.2 Å². The maximum Gasteiger partial charge on any atom is 0.0468 e. The zero-order valence-electron chi connectivity index (χ0n) is 37.8. The van der Waals surface area contributed by atoms with Gasteiger partial charge in [0, 0.05) is 34.1 Å². The number of fused-ring (bicyclic) bond motifs is 1. The molecule has 0 aliphatic heterocycles. The highest BCUT2D eigenvalue weighted by molar-refractivity contribution is 5.90. The number of rotatable bonds is 11. The third-order valence-corrected chi connectivity index (χ3v) is 13.4. The second-order valence-electron chi connectivity index (χ2n) is 17.7. The lowest BCUT2D eigenvalue weighted by Crippen LogP contribution is -2.10. The molecule has 0 amide bonds. The van der Waals surface area contributed by atoms with Gasteiger partial charge in [0.25, 0.3) is 0 Å². The fraction of sp³-hybridized carbons (Fsp3) is 0.0769. The van der Waals surface area contributed by atoms with Crippen molar-refractivity contribution in [1.29, 1.82) is 0 Å². The molecule has 2 heteroatoms. The van der Waals surface area contributed by atoms with Crippen molar-refractivity contribution in [2.24, 2.45) is 0 Å². The van der Waals surface area contributed by atoms with E-state index in [1.165, 1.54) is 66.8 Å². The van der Waals surface area contributed by atoms with Crippen molar-refractivity contribution in [1.82, 2.24) is 0 Å². The lowest BCUT2D eigenvalue weighted by Gasteiger charge is -2.27. The van der Waals surface area contributed by atoms with E-state index in [0.29, 0.717) is 5.92 Å². The Labute approximate surface area is 395 Å². The van der Waals surface area contributed by atoms with Gasteiger partial charge in [-0.1, -0.05) is 189 Å². The summed E-state index contributed by atoms with van der Waals surface area (Å²) in [5.74, 6) is 0.535. The molecule has 0 fully saturated rings. The summed E-state index contributed by atoms with van der Waals surface area (Å²) in [5.41, 5.74) is 21.8. The molecule has 9 aromatic carbocycles. The van der Waals surface area contributed by atoms with Crippen LogP contribution in [0, 0.1) is 0 Å². The van der Waals surface area contributed by atoms with E-state index in [1.54, 1.807) is 0 Å². The quantitative estimate of drug-likeness (QED) is 0.128.